The highest BCUT2D eigenvalue weighted by Crippen LogP contribution is 2.24. The second-order valence-electron chi connectivity index (χ2n) is 4.85. The van der Waals surface area contributed by atoms with Crippen molar-refractivity contribution in [3.8, 4) is 0 Å². The Kier molecular flexibility index (Phi) is 3.78. The van der Waals surface area contributed by atoms with Gasteiger partial charge in [-0.1, -0.05) is 6.92 Å². The van der Waals surface area contributed by atoms with Gasteiger partial charge in [-0.3, -0.25) is 4.79 Å². The van der Waals surface area contributed by atoms with Crippen LogP contribution < -0.4 is 0 Å². The van der Waals surface area contributed by atoms with E-state index in [9.17, 15) is 19.1 Å². The second kappa shape index (κ2) is 5.34. The lowest BCUT2D eigenvalue weighted by Crippen LogP contribution is -2.49. The van der Waals surface area contributed by atoms with Crippen LogP contribution in [0, 0.1) is 11.9 Å². The van der Waals surface area contributed by atoms with E-state index in [0.29, 0.717) is 13.0 Å². The number of aromatic nitrogens is 1. The number of hydrogen-bond donors (Lipinski definition) is 1. The maximum atomic E-state index is 12.7. The van der Waals surface area contributed by atoms with Gasteiger partial charge in [-0.05, 0) is 30.9 Å². The van der Waals surface area contributed by atoms with Crippen LogP contribution in [0.1, 0.15) is 30.1 Å². The Bertz CT molecular complexity index is 489. The fraction of sp³-hybridized carbons (Fsp3) is 0.462. The van der Waals surface area contributed by atoms with Crippen LogP contribution >= 0.6 is 0 Å². The van der Waals surface area contributed by atoms with Crippen LogP contribution in [-0.2, 0) is 4.79 Å². The van der Waals surface area contributed by atoms with Gasteiger partial charge in [0.05, 0.1) is 5.56 Å². The number of amides is 1. The van der Waals surface area contributed by atoms with Gasteiger partial charge in [-0.25, -0.2) is 9.78 Å². The molecule has 1 N–H and O–H groups in total. The molecule has 6 heteroatoms. The zero-order chi connectivity index (χ0) is 14.0. The van der Waals surface area contributed by atoms with E-state index in [2.05, 4.69) is 4.98 Å². The smallest absolute Gasteiger partial charge is 0.326 e. The molecule has 1 amide bonds. The zero-order valence-corrected chi connectivity index (χ0v) is 10.5. The Morgan fingerprint density at radius 2 is 2.21 bits per heavy atom. The van der Waals surface area contributed by atoms with E-state index in [-0.39, 0.29) is 11.5 Å². The van der Waals surface area contributed by atoms with Gasteiger partial charge in [-0.15, -0.1) is 0 Å². The summed E-state index contributed by atoms with van der Waals surface area (Å²) in [6.45, 7) is 2.37. The Morgan fingerprint density at radius 3 is 2.79 bits per heavy atom. The quantitative estimate of drug-likeness (QED) is 0.824. The molecule has 2 atom stereocenters. The number of carboxylic acid groups (broad SMARTS) is 1. The van der Waals surface area contributed by atoms with E-state index in [4.69, 9.17) is 0 Å². The van der Waals surface area contributed by atoms with Crippen LogP contribution in [-0.4, -0.2) is 39.5 Å². The van der Waals surface area contributed by atoms with Gasteiger partial charge < -0.3 is 10.0 Å². The Hall–Kier alpha value is -1.98. The molecule has 1 aromatic heterocycles. The molecule has 0 aromatic carbocycles. The predicted molar refractivity (Wildman–Crippen MR) is 65.1 cm³/mol. The zero-order valence-electron chi connectivity index (χ0n) is 10.5. The van der Waals surface area contributed by atoms with Crippen LogP contribution in [0.15, 0.2) is 18.3 Å². The highest BCUT2D eigenvalue weighted by Gasteiger charge is 2.35. The second-order valence-corrected chi connectivity index (χ2v) is 4.85. The summed E-state index contributed by atoms with van der Waals surface area (Å²) in [6.07, 6.45) is 2.34. The summed E-state index contributed by atoms with van der Waals surface area (Å²) in [5.41, 5.74) is 0.210. The number of halogens is 1. The van der Waals surface area contributed by atoms with Crippen molar-refractivity contribution in [2.75, 3.05) is 6.54 Å². The number of carbonyl (C=O) groups excluding carboxylic acids is 1. The number of pyridine rings is 1. The van der Waals surface area contributed by atoms with Crippen LogP contribution in [0.2, 0.25) is 0 Å². The molecule has 2 rings (SSSR count). The topological polar surface area (TPSA) is 70.5 Å². The Morgan fingerprint density at radius 1 is 1.47 bits per heavy atom. The first kappa shape index (κ1) is 13.5. The number of hydrogen-bond acceptors (Lipinski definition) is 3. The Balaban J connectivity index is 2.21. The van der Waals surface area contributed by atoms with Crippen LogP contribution in [0.5, 0.6) is 0 Å². The van der Waals surface area contributed by atoms with Gasteiger partial charge in [-0.2, -0.15) is 4.39 Å². The van der Waals surface area contributed by atoms with E-state index in [0.717, 1.165) is 18.7 Å². The molecule has 5 nitrogen and oxygen atoms in total. The summed E-state index contributed by atoms with van der Waals surface area (Å²) in [5.74, 6) is -1.81. The van der Waals surface area contributed by atoms with Crippen LogP contribution in [0.3, 0.4) is 0 Å². The average molecular weight is 266 g/mol. The molecule has 0 saturated carbocycles. The summed E-state index contributed by atoms with van der Waals surface area (Å²) >= 11 is 0. The van der Waals surface area contributed by atoms with Gasteiger partial charge in [0.2, 0.25) is 5.95 Å². The van der Waals surface area contributed by atoms with E-state index in [1.54, 1.807) is 0 Å². The largest absolute Gasteiger partial charge is 0.480 e. The van der Waals surface area contributed by atoms with Crippen LogP contribution in [0.4, 0.5) is 4.39 Å². The molecule has 1 fully saturated rings. The maximum absolute atomic E-state index is 12.7. The lowest BCUT2D eigenvalue weighted by molar-refractivity contribution is -0.144. The van der Waals surface area contributed by atoms with Crippen molar-refractivity contribution in [2.24, 2.45) is 5.92 Å². The van der Waals surface area contributed by atoms with Crippen molar-refractivity contribution in [1.82, 2.24) is 9.88 Å². The van der Waals surface area contributed by atoms with E-state index >= 15 is 0 Å². The highest BCUT2D eigenvalue weighted by atomic mass is 19.1. The minimum atomic E-state index is -1.00. The van der Waals surface area contributed by atoms with Gasteiger partial charge in [0.15, 0.2) is 0 Å². The van der Waals surface area contributed by atoms with Crippen LogP contribution in [0.25, 0.3) is 0 Å². The maximum Gasteiger partial charge on any atom is 0.326 e. The monoisotopic (exact) mass is 266 g/mol. The number of piperidine rings is 1. The van der Waals surface area contributed by atoms with Crippen molar-refractivity contribution in [2.45, 2.75) is 25.8 Å². The lowest BCUT2D eigenvalue weighted by atomic mass is 9.92. The molecular weight excluding hydrogens is 251 g/mol. The highest BCUT2D eigenvalue weighted by molar-refractivity contribution is 5.96. The molecule has 1 aliphatic rings. The van der Waals surface area contributed by atoms with Gasteiger partial charge >= 0.3 is 5.97 Å². The molecule has 19 heavy (non-hydrogen) atoms. The minimum absolute atomic E-state index is 0.210. The van der Waals surface area contributed by atoms with E-state index < -0.39 is 23.9 Å². The van der Waals surface area contributed by atoms with Crippen molar-refractivity contribution >= 4 is 11.9 Å². The molecule has 0 aliphatic carbocycles. The normalized spacial score (nSPS) is 23.2. The van der Waals surface area contributed by atoms with Crippen molar-refractivity contribution in [3.05, 3.63) is 29.8 Å². The number of likely N-dealkylation sites (tertiary alicyclic amines) is 1. The third kappa shape index (κ3) is 2.89. The van der Waals surface area contributed by atoms with E-state index in [1.165, 1.54) is 11.0 Å². The number of carbonyl (C=O) groups is 2. The molecule has 1 aromatic rings. The molecular formula is C13H15FN2O3. The number of rotatable bonds is 2. The fourth-order valence-electron chi connectivity index (χ4n) is 2.29. The fourth-order valence-corrected chi connectivity index (χ4v) is 2.29. The number of carboxylic acids is 1. The molecule has 0 bridgehead atoms. The summed E-state index contributed by atoms with van der Waals surface area (Å²) < 4.78 is 12.7. The van der Waals surface area contributed by atoms with E-state index in [1.807, 2.05) is 6.92 Å². The third-order valence-electron chi connectivity index (χ3n) is 3.38. The number of nitrogens with zero attached hydrogens (tertiary/aromatic N) is 2. The SMILES string of the molecule is CC1CCN(C(=O)c2ccc(F)nc2)C(C(=O)O)C1. The molecule has 0 spiro atoms. The van der Waals surface area contributed by atoms with Crippen molar-refractivity contribution in [3.63, 3.8) is 0 Å². The molecule has 1 saturated heterocycles. The first-order chi connectivity index (χ1) is 8.99. The number of aliphatic carboxylic acids is 1. The first-order valence-electron chi connectivity index (χ1n) is 6.14. The summed E-state index contributed by atoms with van der Waals surface area (Å²) in [6, 6.07) is 1.60. The predicted octanol–water partition coefficient (Wildman–Crippen LogP) is 1.55. The standard InChI is InChI=1S/C13H15FN2O3/c1-8-4-5-16(10(6-8)13(18)19)12(17)9-2-3-11(14)15-7-9/h2-3,7-8,10H,4-6H2,1H3,(H,18,19). The molecule has 0 radical (unpaired) electrons. The first-order valence-corrected chi connectivity index (χ1v) is 6.14. The molecule has 102 valence electrons. The molecule has 2 heterocycles. The third-order valence-corrected chi connectivity index (χ3v) is 3.38. The van der Waals surface area contributed by atoms with Gasteiger partial charge in [0.25, 0.3) is 5.91 Å². The summed E-state index contributed by atoms with van der Waals surface area (Å²) in [5, 5.41) is 9.20. The van der Waals surface area contributed by atoms with Gasteiger partial charge in [0.1, 0.15) is 6.04 Å². The van der Waals surface area contributed by atoms with Gasteiger partial charge in [0, 0.05) is 12.7 Å². The van der Waals surface area contributed by atoms with Crippen molar-refractivity contribution in [1.29, 1.82) is 0 Å². The molecule has 2 unspecified atom stereocenters. The molecule has 1 aliphatic heterocycles. The average Bonchev–Trinajstić information content (AvgIpc) is 2.38. The van der Waals surface area contributed by atoms with Crippen molar-refractivity contribution < 1.29 is 19.1 Å². The minimum Gasteiger partial charge on any atom is -0.480 e. The summed E-state index contributed by atoms with van der Waals surface area (Å²) in [7, 11) is 0. The Labute approximate surface area is 110 Å². The summed E-state index contributed by atoms with van der Waals surface area (Å²) in [4.78, 5) is 28.2. The lowest BCUT2D eigenvalue weighted by Gasteiger charge is -2.35.